The van der Waals surface area contributed by atoms with E-state index in [1.807, 2.05) is 0 Å². The molecule has 2 aromatic rings. The second-order valence-electron chi connectivity index (χ2n) is 4.05. The molecule has 2 rings (SSSR count). The summed E-state index contributed by atoms with van der Waals surface area (Å²) in [4.78, 5) is 0. The van der Waals surface area contributed by atoms with Gasteiger partial charge in [0, 0.05) is 5.56 Å². The summed E-state index contributed by atoms with van der Waals surface area (Å²) in [7, 11) is 1.41. The molecule has 0 bridgehead atoms. The van der Waals surface area contributed by atoms with Gasteiger partial charge >= 0.3 is 0 Å². The summed E-state index contributed by atoms with van der Waals surface area (Å²) in [6, 6.07) is 7.41. The zero-order valence-electron chi connectivity index (χ0n) is 10.3. The summed E-state index contributed by atoms with van der Waals surface area (Å²) in [6.07, 6.45) is -2.60. The monoisotopic (exact) mass is 336 g/mol. The highest BCUT2D eigenvalue weighted by atomic mass is 35.5. The molecule has 0 unspecified atom stereocenters. The van der Waals surface area contributed by atoms with E-state index in [-0.39, 0.29) is 20.6 Å². The predicted octanol–water partition coefficient (Wildman–Crippen LogP) is 6.26. The molecule has 0 radical (unpaired) electrons. The predicted molar refractivity (Wildman–Crippen MR) is 78.4 cm³/mol. The molecule has 0 atom stereocenters. The summed E-state index contributed by atoms with van der Waals surface area (Å²) in [5.41, 5.74) is 0.979. The number of ether oxygens (including phenoxy) is 1. The molecule has 0 saturated carbocycles. The fourth-order valence-electron chi connectivity index (χ4n) is 1.75. The van der Waals surface area contributed by atoms with Crippen LogP contribution in [0.15, 0.2) is 30.3 Å². The van der Waals surface area contributed by atoms with Crippen LogP contribution in [0.3, 0.4) is 0 Å². The van der Waals surface area contributed by atoms with Gasteiger partial charge in [-0.15, -0.1) is 0 Å². The Morgan fingerprint density at radius 3 is 1.95 bits per heavy atom. The lowest BCUT2D eigenvalue weighted by Crippen LogP contribution is -1.91. The minimum absolute atomic E-state index is 0.137. The second-order valence-corrected chi connectivity index (χ2v) is 5.24. The zero-order chi connectivity index (χ0) is 14.9. The van der Waals surface area contributed by atoms with Crippen LogP contribution in [0.25, 0.3) is 11.1 Å². The zero-order valence-corrected chi connectivity index (χ0v) is 12.5. The topological polar surface area (TPSA) is 9.23 Å². The summed E-state index contributed by atoms with van der Waals surface area (Å²) in [5.74, 6) is 0.333. The first-order valence-electron chi connectivity index (χ1n) is 5.54. The Labute approximate surface area is 130 Å². The molecule has 0 aliphatic rings. The minimum Gasteiger partial charge on any atom is -0.497 e. The van der Waals surface area contributed by atoms with E-state index in [2.05, 4.69) is 0 Å². The summed E-state index contributed by atoms with van der Waals surface area (Å²) in [5, 5.41) is 0.750. The van der Waals surface area contributed by atoms with Crippen molar-refractivity contribution in [1.82, 2.24) is 0 Å². The first-order valence-corrected chi connectivity index (χ1v) is 6.68. The molecule has 20 heavy (non-hydrogen) atoms. The standard InChI is InChI=1S/C14H9Cl3F2O/c1-20-10-3-7(2-9(4-10)14(18)19)8-5-11(15)13(17)12(16)6-8/h2-6,14H,1H3. The van der Waals surface area contributed by atoms with Gasteiger partial charge in [-0.1, -0.05) is 34.8 Å². The molecule has 0 spiro atoms. The third kappa shape index (κ3) is 3.17. The van der Waals surface area contributed by atoms with Gasteiger partial charge in [-0.25, -0.2) is 8.78 Å². The molecule has 1 nitrogen and oxygen atoms in total. The highest BCUT2D eigenvalue weighted by molar-refractivity contribution is 6.48. The van der Waals surface area contributed by atoms with Crippen LogP contribution in [0.4, 0.5) is 8.78 Å². The Bertz CT molecular complexity index is 621. The van der Waals surface area contributed by atoms with Crippen LogP contribution < -0.4 is 4.74 Å². The SMILES string of the molecule is COc1cc(-c2cc(Cl)c(Cl)c(Cl)c2)cc(C(F)F)c1. The Balaban J connectivity index is 2.60. The Kier molecular flexibility index (Phi) is 4.74. The van der Waals surface area contributed by atoms with Crippen LogP contribution >= 0.6 is 34.8 Å². The number of hydrogen-bond acceptors (Lipinski definition) is 1. The summed E-state index contributed by atoms with van der Waals surface area (Å²) < 4.78 is 30.8. The molecule has 106 valence electrons. The normalized spacial score (nSPS) is 10.9. The summed E-state index contributed by atoms with van der Waals surface area (Å²) >= 11 is 17.8. The van der Waals surface area contributed by atoms with Gasteiger partial charge in [0.2, 0.25) is 0 Å². The molecule has 0 fully saturated rings. The first-order chi connectivity index (χ1) is 9.42. The van der Waals surface area contributed by atoms with Crippen LogP contribution in [0.1, 0.15) is 12.0 Å². The highest BCUT2D eigenvalue weighted by Crippen LogP contribution is 2.37. The maximum absolute atomic E-state index is 12.9. The summed E-state index contributed by atoms with van der Waals surface area (Å²) in [6.45, 7) is 0. The number of hydrogen-bond donors (Lipinski definition) is 0. The van der Waals surface area contributed by atoms with Crippen molar-refractivity contribution in [3.05, 3.63) is 51.0 Å². The van der Waals surface area contributed by atoms with Crippen molar-refractivity contribution in [3.63, 3.8) is 0 Å². The van der Waals surface area contributed by atoms with E-state index in [1.165, 1.54) is 19.2 Å². The quantitative estimate of drug-likeness (QED) is 0.601. The van der Waals surface area contributed by atoms with Crippen molar-refractivity contribution in [2.45, 2.75) is 6.43 Å². The van der Waals surface area contributed by atoms with E-state index >= 15 is 0 Å². The fraction of sp³-hybridized carbons (Fsp3) is 0.143. The van der Waals surface area contributed by atoms with Crippen LogP contribution in [-0.4, -0.2) is 7.11 Å². The minimum atomic E-state index is -2.60. The molecule has 6 heteroatoms. The van der Waals surface area contributed by atoms with E-state index in [1.54, 1.807) is 18.2 Å². The van der Waals surface area contributed by atoms with Crippen LogP contribution in [0.5, 0.6) is 5.75 Å². The molecule has 0 aliphatic heterocycles. The van der Waals surface area contributed by atoms with Crippen LogP contribution in [0, 0.1) is 0 Å². The molecule has 0 aliphatic carbocycles. The lowest BCUT2D eigenvalue weighted by atomic mass is 10.0. The fourth-order valence-corrected chi connectivity index (χ4v) is 2.35. The van der Waals surface area contributed by atoms with E-state index < -0.39 is 6.43 Å². The van der Waals surface area contributed by atoms with Gasteiger partial charge in [-0.3, -0.25) is 0 Å². The lowest BCUT2D eigenvalue weighted by Gasteiger charge is -2.10. The van der Waals surface area contributed by atoms with Crippen molar-refractivity contribution in [2.75, 3.05) is 7.11 Å². The molecular formula is C14H9Cl3F2O. The third-order valence-corrected chi connectivity index (χ3v) is 3.93. The molecule has 0 amide bonds. The van der Waals surface area contributed by atoms with Crippen molar-refractivity contribution < 1.29 is 13.5 Å². The van der Waals surface area contributed by atoms with Gasteiger partial charge in [0.15, 0.2) is 0 Å². The van der Waals surface area contributed by atoms with Crippen molar-refractivity contribution in [3.8, 4) is 16.9 Å². The van der Waals surface area contributed by atoms with Crippen LogP contribution in [0.2, 0.25) is 15.1 Å². The molecule has 0 N–H and O–H groups in total. The van der Waals surface area contributed by atoms with E-state index in [0.717, 1.165) is 0 Å². The number of rotatable bonds is 3. The number of methoxy groups -OCH3 is 1. The van der Waals surface area contributed by atoms with Crippen molar-refractivity contribution in [1.29, 1.82) is 0 Å². The Morgan fingerprint density at radius 2 is 1.45 bits per heavy atom. The van der Waals surface area contributed by atoms with E-state index in [9.17, 15) is 8.78 Å². The van der Waals surface area contributed by atoms with Gasteiger partial charge in [0.05, 0.1) is 22.2 Å². The molecule has 2 aromatic carbocycles. The largest absolute Gasteiger partial charge is 0.497 e. The van der Waals surface area contributed by atoms with Gasteiger partial charge < -0.3 is 4.74 Å². The van der Waals surface area contributed by atoms with Crippen molar-refractivity contribution >= 4 is 34.8 Å². The number of halogens is 5. The molecular weight excluding hydrogens is 329 g/mol. The van der Waals surface area contributed by atoms with E-state index in [4.69, 9.17) is 39.5 Å². The average molecular weight is 338 g/mol. The van der Waals surface area contributed by atoms with Gasteiger partial charge in [-0.2, -0.15) is 0 Å². The van der Waals surface area contributed by atoms with Crippen molar-refractivity contribution in [2.24, 2.45) is 0 Å². The molecule has 0 saturated heterocycles. The first kappa shape index (κ1) is 15.4. The van der Waals surface area contributed by atoms with Gasteiger partial charge in [-0.05, 0) is 41.5 Å². The molecule has 0 aromatic heterocycles. The third-order valence-electron chi connectivity index (χ3n) is 2.73. The Morgan fingerprint density at radius 1 is 0.900 bits per heavy atom. The lowest BCUT2D eigenvalue weighted by molar-refractivity contribution is 0.151. The van der Waals surface area contributed by atoms with Gasteiger partial charge in [0.25, 0.3) is 6.43 Å². The number of benzene rings is 2. The van der Waals surface area contributed by atoms with Gasteiger partial charge in [0.1, 0.15) is 5.75 Å². The maximum Gasteiger partial charge on any atom is 0.264 e. The average Bonchev–Trinajstić information content (AvgIpc) is 2.43. The molecule has 0 heterocycles. The number of alkyl halides is 2. The highest BCUT2D eigenvalue weighted by Gasteiger charge is 2.13. The maximum atomic E-state index is 12.9. The Hall–Kier alpha value is -1.03. The van der Waals surface area contributed by atoms with E-state index in [0.29, 0.717) is 16.9 Å². The smallest absolute Gasteiger partial charge is 0.264 e. The second kappa shape index (κ2) is 6.17. The van der Waals surface area contributed by atoms with Crippen LogP contribution in [-0.2, 0) is 0 Å².